The molecule has 1 N–H and O–H groups in total. The molecule has 2 atom stereocenters. The third-order valence-electron chi connectivity index (χ3n) is 13.4. The number of unbranched alkanes of at least 4 members (excludes halogenated alkanes) is 36. The van der Waals surface area contributed by atoms with Crippen LogP contribution in [0.1, 0.15) is 290 Å². The van der Waals surface area contributed by atoms with E-state index >= 15 is 0 Å². The highest BCUT2D eigenvalue weighted by molar-refractivity contribution is 7.47. The summed E-state index contributed by atoms with van der Waals surface area (Å²) >= 11 is 0. The summed E-state index contributed by atoms with van der Waals surface area (Å²) in [5.41, 5.74) is 0. The van der Waals surface area contributed by atoms with Gasteiger partial charge >= 0.3 is 19.8 Å². The quantitative estimate of drug-likeness (QED) is 0.0211. The second-order valence-corrected chi connectivity index (χ2v) is 23.2. The molecule has 418 valence electrons. The van der Waals surface area contributed by atoms with Crippen LogP contribution in [-0.4, -0.2) is 74.9 Å². The number of hydrogen-bond donors (Lipinski definition) is 1. The molecule has 0 fully saturated rings. The summed E-state index contributed by atoms with van der Waals surface area (Å²) in [5.74, 6) is -0.787. The highest BCUT2D eigenvalue weighted by Crippen LogP contribution is 2.43. The summed E-state index contributed by atoms with van der Waals surface area (Å²) in [6.07, 6.45) is 65.0. The van der Waals surface area contributed by atoms with Crippen molar-refractivity contribution in [3.8, 4) is 0 Å². The number of nitrogens with zero attached hydrogens (tertiary/aromatic N) is 1. The van der Waals surface area contributed by atoms with Crippen LogP contribution < -0.4 is 0 Å². The first-order valence-corrected chi connectivity index (χ1v) is 31.7. The van der Waals surface area contributed by atoms with Gasteiger partial charge in [0, 0.05) is 12.8 Å². The topological polar surface area (TPSA) is 108 Å². The molecule has 0 spiro atoms. The molecule has 0 aromatic carbocycles. The molecule has 2 unspecified atom stereocenters. The molecule has 10 heteroatoms. The molecule has 0 aliphatic carbocycles. The van der Waals surface area contributed by atoms with Crippen molar-refractivity contribution in [1.29, 1.82) is 0 Å². The number of quaternary nitrogens is 1. The summed E-state index contributed by atoms with van der Waals surface area (Å²) in [4.78, 5) is 35.7. The van der Waals surface area contributed by atoms with E-state index < -0.39 is 26.5 Å². The minimum absolute atomic E-state index is 0.0324. The van der Waals surface area contributed by atoms with Crippen molar-refractivity contribution in [2.75, 3.05) is 47.5 Å². The SMILES string of the molecule is CCCCCCC/C=C\C/C=C\C/C=C\CCCCCCCCCCCCC(=O)OC(COC(=O)CCCCCCCCCCCCCCCCCCCCCCCC)COP(=O)(O)OCC[N+](C)(C)C. The van der Waals surface area contributed by atoms with Crippen molar-refractivity contribution in [3.63, 3.8) is 0 Å². The van der Waals surface area contributed by atoms with Gasteiger partial charge in [-0.2, -0.15) is 0 Å². The lowest BCUT2D eigenvalue weighted by Gasteiger charge is -2.24. The van der Waals surface area contributed by atoms with E-state index in [1.165, 1.54) is 205 Å². The molecule has 0 rings (SSSR count). The standard InChI is InChI=1S/C61H116NO8P/c1-6-8-10-12-14-16-18-20-22-24-26-28-30-31-32-34-36-38-40-42-44-46-48-50-52-54-61(64)70-59(58-69-71(65,66)68-56-55-62(3,4)5)57-67-60(63)53-51-49-47-45-43-41-39-37-35-33-29-27-25-23-21-19-17-15-13-11-9-7-2/h18,20,24,26,30-31,59H,6-17,19,21-23,25,27-29,32-58H2,1-5H3/p+1/b20-18-,26-24-,31-30-. The third-order valence-corrected chi connectivity index (χ3v) is 14.4. The molecule has 0 aromatic rings. The average molecular weight is 1020 g/mol. The Bertz CT molecular complexity index is 1300. The molecule has 0 aromatic heterocycles. The molecule has 0 radical (unpaired) electrons. The van der Waals surface area contributed by atoms with Crippen molar-refractivity contribution in [3.05, 3.63) is 36.5 Å². The van der Waals surface area contributed by atoms with Gasteiger partial charge in [0.05, 0.1) is 27.7 Å². The predicted molar refractivity (Wildman–Crippen MR) is 303 cm³/mol. The molecule has 0 saturated heterocycles. The van der Waals surface area contributed by atoms with Crippen LogP contribution in [0.15, 0.2) is 36.5 Å². The largest absolute Gasteiger partial charge is 0.472 e. The van der Waals surface area contributed by atoms with Crippen molar-refractivity contribution in [2.24, 2.45) is 0 Å². The summed E-state index contributed by atoms with van der Waals surface area (Å²) in [7, 11) is 1.49. The van der Waals surface area contributed by atoms with Gasteiger partial charge < -0.3 is 18.9 Å². The number of allylic oxidation sites excluding steroid dienone is 6. The van der Waals surface area contributed by atoms with Gasteiger partial charge in [-0.3, -0.25) is 18.6 Å². The van der Waals surface area contributed by atoms with Gasteiger partial charge in [-0.05, 0) is 51.4 Å². The van der Waals surface area contributed by atoms with Gasteiger partial charge in [-0.15, -0.1) is 0 Å². The number of carbonyl (C=O) groups excluding carboxylic acids is 2. The van der Waals surface area contributed by atoms with Crippen LogP contribution in [0.5, 0.6) is 0 Å². The fourth-order valence-electron chi connectivity index (χ4n) is 8.73. The van der Waals surface area contributed by atoms with E-state index in [0.717, 1.165) is 51.4 Å². The summed E-state index contributed by atoms with van der Waals surface area (Å²) in [6, 6.07) is 0. The maximum atomic E-state index is 12.8. The number of rotatable bonds is 56. The Balaban J connectivity index is 4.13. The molecule has 0 heterocycles. The van der Waals surface area contributed by atoms with Gasteiger partial charge in [-0.1, -0.05) is 262 Å². The molecule has 71 heavy (non-hydrogen) atoms. The first-order valence-electron chi connectivity index (χ1n) is 30.2. The van der Waals surface area contributed by atoms with Crippen molar-refractivity contribution in [1.82, 2.24) is 0 Å². The van der Waals surface area contributed by atoms with Crippen LogP contribution in [-0.2, 0) is 32.7 Å². The van der Waals surface area contributed by atoms with E-state index in [2.05, 4.69) is 50.3 Å². The number of carbonyl (C=O) groups is 2. The highest BCUT2D eigenvalue weighted by atomic mass is 31.2. The fraction of sp³-hybridized carbons (Fsp3) is 0.869. The van der Waals surface area contributed by atoms with Gasteiger partial charge in [0.15, 0.2) is 6.10 Å². The average Bonchev–Trinajstić information content (AvgIpc) is 3.33. The Labute approximate surface area is 440 Å². The highest BCUT2D eigenvalue weighted by Gasteiger charge is 2.27. The Morgan fingerprint density at radius 3 is 1.13 bits per heavy atom. The van der Waals surface area contributed by atoms with Crippen molar-refractivity contribution < 1.29 is 42.1 Å². The van der Waals surface area contributed by atoms with E-state index in [-0.39, 0.29) is 25.6 Å². The van der Waals surface area contributed by atoms with E-state index in [4.69, 9.17) is 18.5 Å². The van der Waals surface area contributed by atoms with Crippen LogP contribution >= 0.6 is 7.82 Å². The van der Waals surface area contributed by atoms with Crippen molar-refractivity contribution >= 4 is 19.8 Å². The van der Waals surface area contributed by atoms with Gasteiger partial charge in [0.1, 0.15) is 19.8 Å². The Hall–Kier alpha value is -1.77. The third kappa shape index (κ3) is 57.4. The lowest BCUT2D eigenvalue weighted by atomic mass is 10.0. The molecular formula is C61H117NO8P+. The zero-order valence-corrected chi connectivity index (χ0v) is 48.4. The van der Waals surface area contributed by atoms with Crippen LogP contribution in [0, 0.1) is 0 Å². The van der Waals surface area contributed by atoms with Crippen LogP contribution in [0.3, 0.4) is 0 Å². The first kappa shape index (κ1) is 69.2. The monoisotopic (exact) mass is 1020 g/mol. The molecule has 0 amide bonds. The molecule has 9 nitrogen and oxygen atoms in total. The second kappa shape index (κ2) is 53.1. The fourth-order valence-corrected chi connectivity index (χ4v) is 9.47. The summed E-state index contributed by atoms with van der Waals surface area (Å²) < 4.78 is 34.6. The summed E-state index contributed by atoms with van der Waals surface area (Å²) in [6.45, 7) is 4.47. The summed E-state index contributed by atoms with van der Waals surface area (Å²) in [5, 5.41) is 0. The van der Waals surface area contributed by atoms with Crippen LogP contribution in [0.25, 0.3) is 0 Å². The van der Waals surface area contributed by atoms with E-state index in [9.17, 15) is 19.0 Å². The van der Waals surface area contributed by atoms with E-state index in [0.29, 0.717) is 23.9 Å². The maximum absolute atomic E-state index is 12.8. The molecule has 0 aliphatic rings. The Morgan fingerprint density at radius 2 is 0.761 bits per heavy atom. The number of hydrogen-bond acceptors (Lipinski definition) is 7. The minimum atomic E-state index is -4.39. The predicted octanol–water partition coefficient (Wildman–Crippen LogP) is 18.8. The number of phosphoric acid groups is 1. The van der Waals surface area contributed by atoms with Gasteiger partial charge in [0.25, 0.3) is 0 Å². The smallest absolute Gasteiger partial charge is 0.462 e. The lowest BCUT2D eigenvalue weighted by Crippen LogP contribution is -2.37. The normalized spacial score (nSPS) is 13.5. The zero-order chi connectivity index (χ0) is 52.0. The van der Waals surface area contributed by atoms with E-state index in [1.807, 2.05) is 21.1 Å². The number of esters is 2. The number of phosphoric ester groups is 1. The lowest BCUT2D eigenvalue weighted by molar-refractivity contribution is -0.870. The number of ether oxygens (including phenoxy) is 2. The first-order chi connectivity index (χ1) is 34.5. The Kier molecular flexibility index (Phi) is 51.7. The molecule has 0 saturated carbocycles. The zero-order valence-electron chi connectivity index (χ0n) is 47.5. The molecular weight excluding hydrogens is 906 g/mol. The van der Waals surface area contributed by atoms with E-state index in [1.54, 1.807) is 0 Å². The van der Waals surface area contributed by atoms with Crippen LogP contribution in [0.2, 0.25) is 0 Å². The second-order valence-electron chi connectivity index (χ2n) is 21.7. The van der Waals surface area contributed by atoms with Gasteiger partial charge in [0.2, 0.25) is 0 Å². The van der Waals surface area contributed by atoms with Gasteiger partial charge in [-0.25, -0.2) is 4.57 Å². The van der Waals surface area contributed by atoms with Crippen LogP contribution in [0.4, 0.5) is 0 Å². The van der Waals surface area contributed by atoms with Crippen molar-refractivity contribution in [2.45, 2.75) is 296 Å². The molecule has 0 aliphatic heterocycles. The maximum Gasteiger partial charge on any atom is 0.472 e. The minimum Gasteiger partial charge on any atom is -0.462 e. The number of likely N-dealkylation sites (N-methyl/N-ethyl adjacent to an activating group) is 1. The Morgan fingerprint density at radius 1 is 0.437 bits per heavy atom. The molecule has 0 bridgehead atoms.